The highest BCUT2D eigenvalue weighted by molar-refractivity contribution is 7.88. The minimum atomic E-state index is -3.58. The molecular weight excluding hydrogens is 518 g/mol. The summed E-state index contributed by atoms with van der Waals surface area (Å²) in [6.07, 6.45) is 6.51. The summed E-state index contributed by atoms with van der Waals surface area (Å²) in [5.41, 5.74) is 2.19. The average Bonchev–Trinajstić information content (AvgIpc) is 3.64. The summed E-state index contributed by atoms with van der Waals surface area (Å²) < 4.78 is 27.0. The first-order valence-electron chi connectivity index (χ1n) is 14.2. The number of fused-ring (bicyclic) bond motifs is 2. The quantitative estimate of drug-likeness (QED) is 0.516. The fourth-order valence-electron chi connectivity index (χ4n) is 7.06. The van der Waals surface area contributed by atoms with Crippen molar-refractivity contribution in [3.8, 4) is 0 Å². The van der Waals surface area contributed by atoms with Gasteiger partial charge in [-0.3, -0.25) is 14.4 Å². The lowest BCUT2D eigenvalue weighted by atomic mass is 9.83. The molecule has 3 amide bonds. The van der Waals surface area contributed by atoms with Crippen LogP contribution in [-0.4, -0.2) is 90.8 Å². The lowest BCUT2D eigenvalue weighted by Crippen LogP contribution is -2.58. The highest BCUT2D eigenvalue weighted by Crippen LogP contribution is 2.40. The maximum absolute atomic E-state index is 14.3. The summed E-state index contributed by atoms with van der Waals surface area (Å²) in [7, 11) is -1.87. The molecule has 1 aromatic rings. The minimum absolute atomic E-state index is 0.0213. The van der Waals surface area contributed by atoms with Gasteiger partial charge < -0.3 is 20.4 Å². The fraction of sp³-hybridized carbons (Fsp3) is 0.679. The maximum atomic E-state index is 14.3. The normalized spacial score (nSPS) is 27.2. The van der Waals surface area contributed by atoms with Gasteiger partial charge in [-0.25, -0.2) is 8.42 Å². The molecule has 2 saturated heterocycles. The van der Waals surface area contributed by atoms with E-state index in [0.29, 0.717) is 26.1 Å². The summed E-state index contributed by atoms with van der Waals surface area (Å²) in [5, 5.41) is 5.97. The largest absolute Gasteiger partial charge is 0.343 e. The Kier molecular flexibility index (Phi) is 8.03. The van der Waals surface area contributed by atoms with E-state index in [2.05, 4.69) is 10.6 Å². The summed E-state index contributed by atoms with van der Waals surface area (Å²) >= 11 is 0. The number of likely N-dealkylation sites (N-methyl/N-ethyl adjacent to an activating group) is 1. The Morgan fingerprint density at radius 1 is 1.00 bits per heavy atom. The number of benzene rings is 1. The molecule has 0 bridgehead atoms. The van der Waals surface area contributed by atoms with Crippen molar-refractivity contribution in [1.82, 2.24) is 24.7 Å². The second-order valence-corrected chi connectivity index (χ2v) is 13.6. The molecule has 5 unspecified atom stereocenters. The molecule has 39 heavy (non-hydrogen) atoms. The molecule has 1 saturated carbocycles. The van der Waals surface area contributed by atoms with Gasteiger partial charge in [-0.05, 0) is 50.3 Å². The van der Waals surface area contributed by atoms with E-state index >= 15 is 0 Å². The first-order chi connectivity index (χ1) is 18.6. The van der Waals surface area contributed by atoms with Crippen molar-refractivity contribution < 1.29 is 22.8 Å². The number of nitrogens with one attached hydrogen (secondary N) is 2. The predicted octanol–water partition coefficient (Wildman–Crippen LogP) is 1.06. The number of nitrogens with zero attached hydrogens (tertiary/aromatic N) is 3. The molecule has 11 heteroatoms. The molecule has 0 radical (unpaired) electrons. The predicted molar refractivity (Wildman–Crippen MR) is 147 cm³/mol. The van der Waals surface area contributed by atoms with Gasteiger partial charge in [0, 0.05) is 32.2 Å². The van der Waals surface area contributed by atoms with Crippen LogP contribution in [0.15, 0.2) is 24.3 Å². The lowest BCUT2D eigenvalue weighted by molar-refractivity contribution is -0.143. The van der Waals surface area contributed by atoms with E-state index < -0.39 is 40.1 Å². The van der Waals surface area contributed by atoms with Crippen molar-refractivity contribution in [2.75, 3.05) is 26.4 Å². The van der Waals surface area contributed by atoms with Gasteiger partial charge >= 0.3 is 0 Å². The molecule has 214 valence electrons. The number of sulfonamides is 1. The van der Waals surface area contributed by atoms with Gasteiger partial charge in [-0.2, -0.15) is 4.31 Å². The molecule has 3 heterocycles. The van der Waals surface area contributed by atoms with Gasteiger partial charge in [0.2, 0.25) is 27.7 Å². The monoisotopic (exact) mass is 559 g/mol. The number of rotatable bonds is 7. The fourth-order valence-corrected chi connectivity index (χ4v) is 8.21. The minimum Gasteiger partial charge on any atom is -0.343 e. The Morgan fingerprint density at radius 3 is 2.23 bits per heavy atom. The van der Waals surface area contributed by atoms with E-state index in [4.69, 9.17) is 0 Å². The second-order valence-electron chi connectivity index (χ2n) is 11.7. The van der Waals surface area contributed by atoms with Crippen LogP contribution in [-0.2, 0) is 37.5 Å². The molecule has 2 N–H and O–H groups in total. The van der Waals surface area contributed by atoms with Crippen LogP contribution in [0.5, 0.6) is 0 Å². The third kappa shape index (κ3) is 5.45. The van der Waals surface area contributed by atoms with Crippen LogP contribution in [0.4, 0.5) is 0 Å². The smallest absolute Gasteiger partial charge is 0.245 e. The number of hydrogen-bond donors (Lipinski definition) is 2. The van der Waals surface area contributed by atoms with Gasteiger partial charge in [0.25, 0.3) is 0 Å². The molecule has 4 aliphatic rings. The number of carbonyl (C=O) groups is 3. The Labute approximate surface area is 231 Å². The Morgan fingerprint density at radius 2 is 1.64 bits per heavy atom. The van der Waals surface area contributed by atoms with E-state index in [1.807, 2.05) is 24.3 Å². The van der Waals surface area contributed by atoms with Gasteiger partial charge in [-0.1, -0.05) is 43.5 Å². The van der Waals surface area contributed by atoms with Crippen LogP contribution in [0.2, 0.25) is 0 Å². The number of carbonyl (C=O) groups excluding carboxylic acids is 3. The van der Waals surface area contributed by atoms with Gasteiger partial charge in [-0.15, -0.1) is 0 Å². The number of likely N-dealkylation sites (tertiary alicyclic amines) is 1. The van der Waals surface area contributed by atoms with Gasteiger partial charge in [0.1, 0.15) is 6.04 Å². The summed E-state index contributed by atoms with van der Waals surface area (Å²) in [6.45, 7) is 3.16. The van der Waals surface area contributed by atoms with Crippen molar-refractivity contribution in [2.24, 2.45) is 11.8 Å². The Bertz CT molecular complexity index is 1190. The molecule has 3 aliphatic heterocycles. The summed E-state index contributed by atoms with van der Waals surface area (Å²) in [5.74, 6) is -1.17. The highest BCUT2D eigenvalue weighted by Gasteiger charge is 2.57. The summed E-state index contributed by atoms with van der Waals surface area (Å²) in [6, 6.07) is 5.80. The zero-order chi connectivity index (χ0) is 27.9. The highest BCUT2D eigenvalue weighted by atomic mass is 32.2. The van der Waals surface area contributed by atoms with E-state index in [1.54, 1.807) is 23.8 Å². The van der Waals surface area contributed by atoms with Crippen molar-refractivity contribution >= 4 is 27.7 Å². The second kappa shape index (κ2) is 11.2. The Balaban J connectivity index is 1.42. The van der Waals surface area contributed by atoms with Crippen LogP contribution in [0.3, 0.4) is 0 Å². The summed E-state index contributed by atoms with van der Waals surface area (Å²) in [4.78, 5) is 44.7. The Hall–Kier alpha value is -2.50. The lowest BCUT2D eigenvalue weighted by Gasteiger charge is -2.37. The van der Waals surface area contributed by atoms with Crippen molar-refractivity contribution in [3.05, 3.63) is 35.4 Å². The maximum Gasteiger partial charge on any atom is 0.245 e. The molecule has 3 fully saturated rings. The van der Waals surface area contributed by atoms with Crippen LogP contribution >= 0.6 is 0 Å². The molecule has 0 spiro atoms. The zero-order valence-corrected chi connectivity index (χ0v) is 24.0. The van der Waals surface area contributed by atoms with Crippen molar-refractivity contribution in [3.63, 3.8) is 0 Å². The first-order valence-corrected chi connectivity index (χ1v) is 16.1. The number of amides is 3. The van der Waals surface area contributed by atoms with Crippen LogP contribution in [0.25, 0.3) is 0 Å². The van der Waals surface area contributed by atoms with Gasteiger partial charge in [0.15, 0.2) is 0 Å². The van der Waals surface area contributed by atoms with Crippen LogP contribution in [0, 0.1) is 11.8 Å². The average molecular weight is 560 g/mol. The van der Waals surface area contributed by atoms with Crippen LogP contribution in [0.1, 0.15) is 56.6 Å². The third-order valence-electron chi connectivity index (χ3n) is 9.27. The van der Waals surface area contributed by atoms with Crippen LogP contribution < -0.4 is 10.6 Å². The topological polar surface area (TPSA) is 119 Å². The molecule has 5 atom stereocenters. The number of hydrogen-bond acceptors (Lipinski definition) is 6. The molecular formula is C28H41N5O5S. The molecule has 10 nitrogen and oxygen atoms in total. The third-order valence-corrected chi connectivity index (χ3v) is 10.5. The zero-order valence-electron chi connectivity index (χ0n) is 23.1. The van der Waals surface area contributed by atoms with Crippen molar-refractivity contribution in [1.29, 1.82) is 0 Å². The molecule has 5 rings (SSSR count). The van der Waals surface area contributed by atoms with E-state index in [9.17, 15) is 22.8 Å². The van der Waals surface area contributed by atoms with E-state index in [-0.39, 0.29) is 30.2 Å². The standard InChI is InChI=1S/C28H41N5O5S/c1-18(29-2)26(34)30-24(19-9-5-4-6-10-19)28(36)32-14-13-23-25(32)22(17-33(23)39(3,37)38)27(35)31-15-20-11-7-8-12-21(20)16-31/h7-8,11-12,18-19,22-25,29H,4-6,9-10,13-17H2,1-3H3,(H,30,34). The molecule has 1 aliphatic carbocycles. The molecule has 0 aromatic heterocycles. The first kappa shape index (κ1) is 28.0. The molecule has 1 aromatic carbocycles. The SMILES string of the molecule is CNC(C)C(=O)NC(C(=O)N1CCC2C1C(C(=O)N1Cc3ccccc3C1)CN2S(C)(=O)=O)C1CCCCC1. The van der Waals surface area contributed by atoms with E-state index in [0.717, 1.165) is 43.2 Å². The van der Waals surface area contributed by atoms with Crippen molar-refractivity contribution in [2.45, 2.75) is 82.7 Å². The van der Waals surface area contributed by atoms with Gasteiger partial charge in [0.05, 0.1) is 24.3 Å². The van der Waals surface area contributed by atoms with E-state index in [1.165, 1.54) is 10.6 Å².